The summed E-state index contributed by atoms with van der Waals surface area (Å²) in [6, 6.07) is -1.57. The van der Waals surface area contributed by atoms with E-state index in [0.29, 0.717) is 6.54 Å². The number of aliphatic carboxylic acids is 1. The fraction of sp³-hybridized carbons (Fsp3) is 0.545. The minimum absolute atomic E-state index is 0.0193. The molecular weight excluding hydrogens is 270 g/mol. The number of carboxylic acid groups (broad SMARTS) is 1. The lowest BCUT2D eigenvalue weighted by atomic mass is 10.2. The van der Waals surface area contributed by atoms with Gasteiger partial charge in [-0.15, -0.1) is 11.3 Å². The molecule has 1 aromatic heterocycles. The number of hydrogen-bond acceptors (Lipinski definition) is 5. The van der Waals surface area contributed by atoms with Gasteiger partial charge >= 0.3 is 12.0 Å². The van der Waals surface area contributed by atoms with E-state index >= 15 is 0 Å². The van der Waals surface area contributed by atoms with E-state index in [9.17, 15) is 9.59 Å². The molecule has 0 aliphatic rings. The second kappa shape index (κ2) is 7.05. The predicted octanol–water partition coefficient (Wildman–Crippen LogP) is 0.429. The van der Waals surface area contributed by atoms with Crippen LogP contribution in [0.1, 0.15) is 17.0 Å². The van der Waals surface area contributed by atoms with Crippen molar-refractivity contribution in [1.82, 2.24) is 15.2 Å². The largest absolute Gasteiger partial charge is 0.480 e. The van der Waals surface area contributed by atoms with E-state index in [-0.39, 0.29) is 13.0 Å². The molecule has 0 fully saturated rings. The van der Waals surface area contributed by atoms with E-state index in [0.717, 1.165) is 10.6 Å². The summed E-state index contributed by atoms with van der Waals surface area (Å²) in [4.78, 5) is 29.1. The zero-order valence-corrected chi connectivity index (χ0v) is 11.6. The van der Waals surface area contributed by atoms with Crippen LogP contribution >= 0.6 is 11.3 Å². The highest BCUT2D eigenvalue weighted by molar-refractivity contribution is 7.09. The Balaban J connectivity index is 2.57. The van der Waals surface area contributed by atoms with Gasteiger partial charge in [0.1, 0.15) is 6.04 Å². The van der Waals surface area contributed by atoms with Crippen molar-refractivity contribution in [2.75, 3.05) is 13.7 Å². The van der Waals surface area contributed by atoms with Crippen LogP contribution in [-0.4, -0.2) is 51.8 Å². The van der Waals surface area contributed by atoms with Crippen molar-refractivity contribution in [3.05, 3.63) is 16.1 Å². The van der Waals surface area contributed by atoms with E-state index < -0.39 is 18.0 Å². The monoisotopic (exact) mass is 287 g/mol. The summed E-state index contributed by atoms with van der Waals surface area (Å²) in [5, 5.41) is 20.0. The van der Waals surface area contributed by atoms with Crippen molar-refractivity contribution in [2.24, 2.45) is 0 Å². The molecule has 1 heterocycles. The van der Waals surface area contributed by atoms with Crippen LogP contribution in [0.3, 0.4) is 0 Å². The molecule has 8 heteroatoms. The maximum atomic E-state index is 11.8. The molecule has 1 atom stereocenters. The van der Waals surface area contributed by atoms with Crippen LogP contribution < -0.4 is 5.32 Å². The van der Waals surface area contributed by atoms with Gasteiger partial charge in [0.05, 0.1) is 17.7 Å². The Morgan fingerprint density at radius 1 is 1.58 bits per heavy atom. The maximum absolute atomic E-state index is 11.8. The highest BCUT2D eigenvalue weighted by atomic mass is 32.1. The summed E-state index contributed by atoms with van der Waals surface area (Å²) in [7, 11) is 1.58. The summed E-state index contributed by atoms with van der Waals surface area (Å²) in [6.07, 6.45) is -0.0193. The molecule has 0 saturated heterocycles. The molecular formula is C11H17N3O4S. The van der Waals surface area contributed by atoms with Crippen LogP contribution in [0.25, 0.3) is 0 Å². The normalized spacial score (nSPS) is 11.9. The number of hydrogen-bond donors (Lipinski definition) is 3. The number of carbonyl (C=O) groups excluding carboxylic acids is 1. The second-order valence-electron chi connectivity index (χ2n) is 4.07. The smallest absolute Gasteiger partial charge is 0.326 e. The van der Waals surface area contributed by atoms with Crippen molar-refractivity contribution in [1.29, 1.82) is 0 Å². The molecule has 106 valence electrons. The quantitative estimate of drug-likeness (QED) is 0.704. The first kappa shape index (κ1) is 15.4. The molecule has 0 aliphatic heterocycles. The zero-order chi connectivity index (χ0) is 14.4. The number of aromatic nitrogens is 1. The summed E-state index contributed by atoms with van der Waals surface area (Å²) < 4.78 is 0. The van der Waals surface area contributed by atoms with Crippen LogP contribution in [0.2, 0.25) is 0 Å². The third kappa shape index (κ3) is 4.49. The number of carbonyl (C=O) groups is 2. The lowest BCUT2D eigenvalue weighted by Crippen LogP contribution is -2.46. The van der Waals surface area contributed by atoms with E-state index in [1.54, 1.807) is 12.6 Å². The maximum Gasteiger partial charge on any atom is 0.326 e. The van der Waals surface area contributed by atoms with E-state index in [2.05, 4.69) is 10.3 Å². The Morgan fingerprint density at radius 2 is 2.26 bits per heavy atom. The third-order valence-electron chi connectivity index (χ3n) is 2.59. The van der Waals surface area contributed by atoms with Gasteiger partial charge in [0.2, 0.25) is 0 Å². The average molecular weight is 287 g/mol. The van der Waals surface area contributed by atoms with E-state index in [4.69, 9.17) is 10.2 Å². The molecule has 0 aromatic carbocycles. The Kier molecular flexibility index (Phi) is 5.71. The summed E-state index contributed by atoms with van der Waals surface area (Å²) in [5.74, 6) is -1.16. The number of rotatable bonds is 6. The molecule has 1 rings (SSSR count). The summed E-state index contributed by atoms with van der Waals surface area (Å²) in [6.45, 7) is 1.92. The molecule has 0 radical (unpaired) electrons. The number of aliphatic hydroxyl groups excluding tert-OH is 1. The van der Waals surface area contributed by atoms with Crippen molar-refractivity contribution >= 4 is 23.3 Å². The SMILES string of the molecule is Cc1ncsc1CN(C)C(=O)NC(CCO)C(=O)O. The lowest BCUT2D eigenvalue weighted by molar-refractivity contribution is -0.139. The number of nitrogens with zero attached hydrogens (tertiary/aromatic N) is 2. The number of aliphatic hydroxyl groups is 1. The molecule has 1 unspecified atom stereocenters. The van der Waals surface area contributed by atoms with Gasteiger partial charge < -0.3 is 20.4 Å². The Hall–Kier alpha value is -1.67. The first-order valence-electron chi connectivity index (χ1n) is 5.70. The summed E-state index contributed by atoms with van der Waals surface area (Å²) in [5.41, 5.74) is 2.55. The van der Waals surface area contributed by atoms with Crippen LogP contribution in [0.4, 0.5) is 4.79 Å². The highest BCUT2D eigenvalue weighted by Crippen LogP contribution is 2.14. The second-order valence-corrected chi connectivity index (χ2v) is 5.01. The molecule has 2 amide bonds. The van der Waals surface area contributed by atoms with Gasteiger partial charge in [0, 0.05) is 25.0 Å². The number of thiazole rings is 1. The number of carboxylic acids is 1. The minimum Gasteiger partial charge on any atom is -0.480 e. The fourth-order valence-electron chi connectivity index (χ4n) is 1.41. The minimum atomic E-state index is -1.16. The zero-order valence-electron chi connectivity index (χ0n) is 10.8. The molecule has 0 saturated carbocycles. The van der Waals surface area contributed by atoms with Gasteiger partial charge in [-0.05, 0) is 6.92 Å². The van der Waals surface area contributed by atoms with E-state index in [1.165, 1.54) is 16.2 Å². The molecule has 19 heavy (non-hydrogen) atoms. The lowest BCUT2D eigenvalue weighted by Gasteiger charge is -2.20. The van der Waals surface area contributed by atoms with Crippen LogP contribution in [-0.2, 0) is 11.3 Å². The molecule has 0 spiro atoms. The fourth-order valence-corrected chi connectivity index (χ4v) is 2.24. The first-order valence-corrected chi connectivity index (χ1v) is 6.58. The van der Waals surface area contributed by atoms with Crippen molar-refractivity contribution < 1.29 is 19.8 Å². The van der Waals surface area contributed by atoms with Gasteiger partial charge in [-0.1, -0.05) is 0 Å². The molecule has 0 aliphatic carbocycles. The van der Waals surface area contributed by atoms with Gasteiger partial charge in [-0.2, -0.15) is 0 Å². The number of amides is 2. The number of urea groups is 1. The topological polar surface area (TPSA) is 103 Å². The van der Waals surface area contributed by atoms with Crippen LogP contribution in [0, 0.1) is 6.92 Å². The third-order valence-corrected chi connectivity index (χ3v) is 3.51. The Labute approximate surface area is 114 Å². The van der Waals surface area contributed by atoms with Crippen molar-refractivity contribution in [3.63, 3.8) is 0 Å². The van der Waals surface area contributed by atoms with E-state index in [1.807, 2.05) is 6.92 Å². The Morgan fingerprint density at radius 3 is 2.74 bits per heavy atom. The molecule has 7 nitrogen and oxygen atoms in total. The summed E-state index contributed by atoms with van der Waals surface area (Å²) >= 11 is 1.44. The van der Waals surface area contributed by atoms with Crippen LogP contribution in [0.5, 0.6) is 0 Å². The highest BCUT2D eigenvalue weighted by Gasteiger charge is 2.21. The average Bonchev–Trinajstić information content (AvgIpc) is 2.74. The number of aryl methyl sites for hydroxylation is 1. The van der Waals surface area contributed by atoms with Gasteiger partial charge in [0.15, 0.2) is 0 Å². The van der Waals surface area contributed by atoms with Crippen LogP contribution in [0.15, 0.2) is 5.51 Å². The standard InChI is InChI=1S/C11H17N3O4S/c1-7-9(19-6-12-7)5-14(2)11(18)13-8(3-4-15)10(16)17/h6,8,15H,3-5H2,1-2H3,(H,13,18)(H,16,17). The Bertz CT molecular complexity index is 449. The molecule has 0 bridgehead atoms. The molecule has 3 N–H and O–H groups in total. The molecule has 1 aromatic rings. The van der Waals surface area contributed by atoms with Gasteiger partial charge in [0.25, 0.3) is 0 Å². The van der Waals surface area contributed by atoms with Crippen molar-refractivity contribution in [2.45, 2.75) is 25.9 Å². The van der Waals surface area contributed by atoms with Crippen molar-refractivity contribution in [3.8, 4) is 0 Å². The first-order chi connectivity index (χ1) is 8.95. The van der Waals surface area contributed by atoms with Gasteiger partial charge in [-0.25, -0.2) is 14.6 Å². The predicted molar refractivity (Wildman–Crippen MR) is 70.0 cm³/mol. The number of nitrogens with one attached hydrogen (secondary N) is 1. The van der Waals surface area contributed by atoms with Gasteiger partial charge in [-0.3, -0.25) is 0 Å².